The summed E-state index contributed by atoms with van der Waals surface area (Å²) in [5.74, 6) is -0.314. The molecule has 0 aliphatic heterocycles. The molecule has 2 aromatic carbocycles. The summed E-state index contributed by atoms with van der Waals surface area (Å²) in [6.45, 7) is 1.65. The largest absolute Gasteiger partial charge is 0.508 e. The minimum Gasteiger partial charge on any atom is -0.508 e. The Morgan fingerprint density at radius 1 is 1.10 bits per heavy atom. The Kier molecular flexibility index (Phi) is 3.99. The van der Waals surface area contributed by atoms with Crippen molar-refractivity contribution < 1.29 is 18.3 Å². The summed E-state index contributed by atoms with van der Waals surface area (Å²) < 4.78 is 22.7. The lowest BCUT2D eigenvalue weighted by atomic mass is 10.1. The highest BCUT2D eigenvalue weighted by Gasteiger charge is 2.12. The van der Waals surface area contributed by atoms with Crippen LogP contribution >= 0.6 is 0 Å². The monoisotopic (exact) mass is 305 g/mol. The highest BCUT2D eigenvalue weighted by molar-refractivity contribution is 7.90. The van der Waals surface area contributed by atoms with E-state index in [9.17, 15) is 18.3 Å². The number of benzene rings is 2. The topological polar surface area (TPSA) is 83.5 Å². The van der Waals surface area contributed by atoms with E-state index in [4.69, 9.17) is 0 Å². The molecule has 2 N–H and O–H groups in total. The predicted octanol–water partition coefficient (Wildman–Crippen LogP) is 2.36. The van der Waals surface area contributed by atoms with Gasteiger partial charge in [-0.25, -0.2) is 8.42 Å². The molecule has 2 rings (SSSR count). The number of hydrogen-bond acceptors (Lipinski definition) is 4. The van der Waals surface area contributed by atoms with Gasteiger partial charge in [-0.15, -0.1) is 0 Å². The number of rotatable bonds is 3. The van der Waals surface area contributed by atoms with Gasteiger partial charge in [-0.3, -0.25) is 4.79 Å². The molecule has 6 heteroatoms. The van der Waals surface area contributed by atoms with Crippen LogP contribution in [0, 0.1) is 6.92 Å². The second-order valence-corrected chi connectivity index (χ2v) is 6.72. The van der Waals surface area contributed by atoms with Gasteiger partial charge in [0.1, 0.15) is 5.75 Å². The molecule has 0 aromatic heterocycles. The lowest BCUT2D eigenvalue weighted by molar-refractivity contribution is 0.102. The fourth-order valence-corrected chi connectivity index (χ4v) is 2.48. The number of nitrogens with one attached hydrogen (secondary N) is 1. The fourth-order valence-electron chi connectivity index (χ4n) is 1.85. The van der Waals surface area contributed by atoms with Crippen molar-refractivity contribution in [3.05, 3.63) is 53.6 Å². The highest BCUT2D eigenvalue weighted by Crippen LogP contribution is 2.21. The number of carbonyl (C=O) groups is 1. The molecule has 0 saturated carbocycles. The van der Waals surface area contributed by atoms with E-state index in [1.165, 1.54) is 30.3 Å². The lowest BCUT2D eigenvalue weighted by Gasteiger charge is -2.09. The Morgan fingerprint density at radius 3 is 2.29 bits per heavy atom. The van der Waals surface area contributed by atoms with E-state index in [-0.39, 0.29) is 16.6 Å². The molecular weight excluding hydrogens is 290 g/mol. The molecule has 0 unspecified atom stereocenters. The van der Waals surface area contributed by atoms with E-state index in [0.717, 1.165) is 6.26 Å². The predicted molar refractivity (Wildman–Crippen MR) is 80.3 cm³/mol. The fraction of sp³-hybridized carbons (Fsp3) is 0.133. The summed E-state index contributed by atoms with van der Waals surface area (Å²) in [4.78, 5) is 12.3. The Morgan fingerprint density at radius 2 is 1.71 bits per heavy atom. The number of sulfone groups is 1. The molecule has 5 nitrogen and oxygen atoms in total. The van der Waals surface area contributed by atoms with E-state index in [1.54, 1.807) is 19.1 Å². The van der Waals surface area contributed by atoms with Crippen LogP contribution < -0.4 is 5.32 Å². The van der Waals surface area contributed by atoms with E-state index in [2.05, 4.69) is 5.32 Å². The average molecular weight is 305 g/mol. The zero-order chi connectivity index (χ0) is 15.6. The van der Waals surface area contributed by atoms with E-state index in [1.807, 2.05) is 0 Å². The normalized spacial score (nSPS) is 11.1. The van der Waals surface area contributed by atoms with Crippen LogP contribution in [0.15, 0.2) is 47.4 Å². The van der Waals surface area contributed by atoms with Crippen LogP contribution in [0.1, 0.15) is 15.9 Å². The van der Waals surface area contributed by atoms with Gasteiger partial charge in [-0.2, -0.15) is 0 Å². The van der Waals surface area contributed by atoms with Gasteiger partial charge in [-0.1, -0.05) is 6.07 Å². The first-order valence-corrected chi connectivity index (χ1v) is 8.08. The third-order valence-corrected chi connectivity index (χ3v) is 4.22. The van der Waals surface area contributed by atoms with Crippen molar-refractivity contribution in [2.24, 2.45) is 0 Å². The van der Waals surface area contributed by atoms with Crippen LogP contribution in [-0.2, 0) is 9.84 Å². The van der Waals surface area contributed by atoms with E-state index >= 15 is 0 Å². The van der Waals surface area contributed by atoms with Gasteiger partial charge >= 0.3 is 0 Å². The Hall–Kier alpha value is -2.34. The van der Waals surface area contributed by atoms with Crippen molar-refractivity contribution in [1.82, 2.24) is 0 Å². The minimum atomic E-state index is -3.26. The molecule has 0 aliphatic rings. The van der Waals surface area contributed by atoms with Gasteiger partial charge in [0.2, 0.25) is 0 Å². The minimum absolute atomic E-state index is 0.0510. The number of aromatic hydroxyl groups is 1. The summed E-state index contributed by atoms with van der Waals surface area (Å²) in [6, 6.07) is 10.6. The molecule has 0 aliphatic carbocycles. The molecule has 0 saturated heterocycles. The summed E-state index contributed by atoms with van der Waals surface area (Å²) in [6.07, 6.45) is 1.12. The highest BCUT2D eigenvalue weighted by atomic mass is 32.2. The van der Waals surface area contributed by atoms with Crippen molar-refractivity contribution in [3.63, 3.8) is 0 Å². The van der Waals surface area contributed by atoms with Gasteiger partial charge in [0, 0.05) is 23.1 Å². The maximum Gasteiger partial charge on any atom is 0.256 e. The van der Waals surface area contributed by atoms with E-state index < -0.39 is 9.84 Å². The van der Waals surface area contributed by atoms with Crippen LogP contribution in [0.25, 0.3) is 0 Å². The van der Waals surface area contributed by atoms with Crippen LogP contribution in [-0.4, -0.2) is 25.7 Å². The number of carbonyl (C=O) groups excluding carboxylic acids is 1. The van der Waals surface area contributed by atoms with Gasteiger partial charge in [0.05, 0.1) is 4.90 Å². The Bertz CT molecular complexity index is 780. The third kappa shape index (κ3) is 3.41. The molecule has 0 fully saturated rings. The smallest absolute Gasteiger partial charge is 0.256 e. The first-order chi connectivity index (χ1) is 9.79. The Balaban J connectivity index is 2.22. The van der Waals surface area contributed by atoms with Crippen molar-refractivity contribution in [1.29, 1.82) is 0 Å². The number of amides is 1. The molecule has 110 valence electrons. The van der Waals surface area contributed by atoms with Crippen LogP contribution in [0.5, 0.6) is 5.75 Å². The maximum atomic E-state index is 12.1. The van der Waals surface area contributed by atoms with Crippen molar-refractivity contribution in [3.8, 4) is 5.75 Å². The van der Waals surface area contributed by atoms with Gasteiger partial charge < -0.3 is 10.4 Å². The first kappa shape index (κ1) is 15.1. The zero-order valence-electron chi connectivity index (χ0n) is 11.6. The Labute approximate surface area is 123 Å². The molecular formula is C15H15NO4S. The second kappa shape index (κ2) is 5.57. The van der Waals surface area contributed by atoms with Crippen LogP contribution in [0.4, 0.5) is 5.69 Å². The molecule has 2 aromatic rings. The third-order valence-electron chi connectivity index (χ3n) is 3.09. The van der Waals surface area contributed by atoms with Gasteiger partial charge in [-0.05, 0) is 43.3 Å². The van der Waals surface area contributed by atoms with Crippen molar-refractivity contribution >= 4 is 21.4 Å². The number of hydrogen-bond donors (Lipinski definition) is 2. The molecule has 0 atom stereocenters. The van der Waals surface area contributed by atoms with Crippen LogP contribution in [0.2, 0.25) is 0 Å². The molecule has 0 heterocycles. The number of anilines is 1. The molecule has 0 spiro atoms. The summed E-state index contributed by atoms with van der Waals surface area (Å²) in [5.41, 5.74) is 1.33. The van der Waals surface area contributed by atoms with Crippen molar-refractivity contribution in [2.45, 2.75) is 11.8 Å². The number of phenolic OH excluding ortho intramolecular Hbond substituents is 1. The quantitative estimate of drug-likeness (QED) is 0.912. The zero-order valence-corrected chi connectivity index (χ0v) is 12.4. The molecule has 21 heavy (non-hydrogen) atoms. The summed E-state index contributed by atoms with van der Waals surface area (Å²) in [7, 11) is -3.26. The molecule has 0 bridgehead atoms. The second-order valence-electron chi connectivity index (χ2n) is 4.70. The van der Waals surface area contributed by atoms with Gasteiger partial charge in [0.25, 0.3) is 5.91 Å². The standard InChI is InChI=1S/C15H15NO4S/c1-10-13(4-3-5-14(10)17)15(18)16-11-6-8-12(9-7-11)21(2,19)20/h3-9,17H,1-2H3,(H,16,18). The maximum absolute atomic E-state index is 12.1. The average Bonchev–Trinajstić information content (AvgIpc) is 2.41. The lowest BCUT2D eigenvalue weighted by Crippen LogP contribution is -2.13. The molecule has 1 amide bonds. The van der Waals surface area contributed by atoms with Crippen molar-refractivity contribution in [2.75, 3.05) is 11.6 Å². The SMILES string of the molecule is Cc1c(O)cccc1C(=O)Nc1ccc(S(C)(=O)=O)cc1. The van der Waals surface area contributed by atoms with E-state index in [0.29, 0.717) is 16.8 Å². The van der Waals surface area contributed by atoms with Crippen LogP contribution in [0.3, 0.4) is 0 Å². The first-order valence-electron chi connectivity index (χ1n) is 6.19. The number of phenols is 1. The molecule has 0 radical (unpaired) electrons. The summed E-state index contributed by atoms with van der Waals surface area (Å²) in [5, 5.41) is 12.3. The summed E-state index contributed by atoms with van der Waals surface area (Å²) >= 11 is 0. The van der Waals surface area contributed by atoms with Gasteiger partial charge in [0.15, 0.2) is 9.84 Å².